The Morgan fingerprint density at radius 3 is 2.32 bits per heavy atom. The predicted octanol–water partition coefficient (Wildman–Crippen LogP) is 9.09. The molecule has 298 valence electrons. The van der Waals surface area contributed by atoms with Crippen molar-refractivity contribution < 1.29 is 22.7 Å². The first kappa shape index (κ1) is 39.7. The third kappa shape index (κ3) is 6.01. The lowest BCUT2D eigenvalue weighted by molar-refractivity contribution is -0.221. The van der Waals surface area contributed by atoms with E-state index in [9.17, 15) is 22.7 Å². The van der Waals surface area contributed by atoms with Gasteiger partial charge in [0.2, 0.25) is 0 Å². The van der Waals surface area contributed by atoms with Gasteiger partial charge in [-0.1, -0.05) is 65.8 Å². The molecule has 0 aromatic carbocycles. The van der Waals surface area contributed by atoms with Crippen LogP contribution in [0.2, 0.25) is 0 Å². The van der Waals surface area contributed by atoms with Crippen LogP contribution in [0.4, 0.5) is 4.39 Å². The van der Waals surface area contributed by atoms with Crippen molar-refractivity contribution in [1.29, 1.82) is 0 Å². The Morgan fingerprint density at radius 1 is 0.943 bits per heavy atom. The number of aliphatic carboxylic acids is 1. The quantitative estimate of drug-likeness (QED) is 0.152. The van der Waals surface area contributed by atoms with Crippen molar-refractivity contribution in [3.63, 3.8) is 0 Å². The molecule has 1 saturated heterocycles. The second-order valence-electron chi connectivity index (χ2n) is 21.0. The van der Waals surface area contributed by atoms with Gasteiger partial charge in [-0.2, -0.15) is 0 Å². The van der Waals surface area contributed by atoms with Crippen LogP contribution >= 0.6 is 0 Å². The average molecular weight is 755 g/mol. The second-order valence-corrected chi connectivity index (χ2v) is 23.3. The molecule has 3 N–H and O–H groups in total. The number of hydrogen-bond donors (Lipinski definition) is 3. The molecule has 6 nitrogen and oxygen atoms in total. The number of carboxylic acid groups (broad SMARTS) is 1. The van der Waals surface area contributed by atoms with Gasteiger partial charge in [-0.15, -0.1) is 0 Å². The van der Waals surface area contributed by atoms with Gasteiger partial charge in [0.15, 0.2) is 9.84 Å². The van der Waals surface area contributed by atoms with E-state index < -0.39 is 27.9 Å². The van der Waals surface area contributed by atoms with Gasteiger partial charge in [-0.3, -0.25) is 4.79 Å². The molecule has 0 amide bonds. The van der Waals surface area contributed by atoms with Gasteiger partial charge in [-0.25, -0.2) is 12.8 Å². The molecule has 12 atom stereocenters. The Bertz CT molecular complexity index is 1650. The smallest absolute Gasteiger partial charge is 0.312 e. The number of hydrogen-bond acceptors (Lipinski definition) is 5. The fraction of sp³-hybridized carbons (Fsp3) is 0.844. The lowest BCUT2D eigenvalue weighted by atomic mass is 9.33. The Kier molecular flexibility index (Phi) is 10.2. The fourth-order valence-corrected chi connectivity index (χ4v) is 17.4. The zero-order valence-corrected chi connectivity index (χ0v) is 34.9. The molecule has 0 aromatic rings. The van der Waals surface area contributed by atoms with Crippen molar-refractivity contribution >= 4 is 15.8 Å². The molecule has 0 bridgehead atoms. The van der Waals surface area contributed by atoms with Crippen molar-refractivity contribution in [3.8, 4) is 0 Å². The molecule has 0 radical (unpaired) electrons. The largest absolute Gasteiger partial charge is 0.481 e. The van der Waals surface area contributed by atoms with Crippen LogP contribution in [0.3, 0.4) is 0 Å². The highest BCUT2D eigenvalue weighted by Gasteiger charge is 2.70. The molecular formula is C45H71FN2O4S. The molecule has 53 heavy (non-hydrogen) atoms. The van der Waals surface area contributed by atoms with E-state index >= 15 is 0 Å². The minimum absolute atomic E-state index is 0.0206. The Balaban J connectivity index is 1.10. The molecule has 4 saturated carbocycles. The summed E-state index contributed by atoms with van der Waals surface area (Å²) in [5.74, 6) is 2.55. The van der Waals surface area contributed by atoms with Gasteiger partial charge < -0.3 is 15.7 Å². The molecule has 1 aliphatic heterocycles. The van der Waals surface area contributed by atoms with E-state index in [1.807, 2.05) is 0 Å². The maximum atomic E-state index is 14.0. The van der Waals surface area contributed by atoms with Crippen LogP contribution < -0.4 is 10.6 Å². The second kappa shape index (κ2) is 13.6. The molecule has 7 aliphatic rings. The zero-order chi connectivity index (χ0) is 38.4. The van der Waals surface area contributed by atoms with Crippen LogP contribution in [0.25, 0.3) is 0 Å². The highest BCUT2D eigenvalue weighted by molar-refractivity contribution is 7.92. The van der Waals surface area contributed by atoms with E-state index in [4.69, 9.17) is 0 Å². The number of sulfone groups is 1. The SMILES string of the molecule is C=C(C)[C@@H]1CC[C@]2(NCCNC[C@@H]3C[C@H](C)CS3(=O)=O)CC[C@]3(C)[C@H](CC[C@@H]4[C@@]5(C)CC=C(C6=CC[C@](CF)(C(=O)O)CC6)C(C)(C)[C@@H]5CC[C@]43C)[C@@H]12. The zero-order valence-electron chi connectivity index (χ0n) is 34.1. The number of halogens is 1. The summed E-state index contributed by atoms with van der Waals surface area (Å²) in [6.07, 6.45) is 17.6. The number of carboxylic acids is 1. The minimum Gasteiger partial charge on any atom is -0.481 e. The first-order valence-corrected chi connectivity index (χ1v) is 23.0. The van der Waals surface area contributed by atoms with Crippen LogP contribution in [0.1, 0.15) is 132 Å². The number of allylic oxidation sites excluding steroid dienone is 5. The summed E-state index contributed by atoms with van der Waals surface area (Å²) in [7, 11) is -2.97. The Hall–Kier alpha value is -1.51. The number of nitrogens with one attached hydrogen (secondary N) is 2. The molecule has 6 aliphatic carbocycles. The van der Waals surface area contributed by atoms with Crippen molar-refractivity contribution in [3.05, 3.63) is 35.5 Å². The molecule has 1 heterocycles. The van der Waals surface area contributed by atoms with Gasteiger partial charge in [0, 0.05) is 25.2 Å². The maximum absolute atomic E-state index is 14.0. The summed E-state index contributed by atoms with van der Waals surface area (Å²) in [4.78, 5) is 12.0. The molecule has 0 spiro atoms. The normalized spacial score (nSPS) is 47.0. The molecule has 7 rings (SSSR count). The van der Waals surface area contributed by atoms with Gasteiger partial charge in [0.1, 0.15) is 6.67 Å². The molecular weight excluding hydrogens is 684 g/mol. The van der Waals surface area contributed by atoms with Crippen molar-refractivity contribution in [1.82, 2.24) is 10.6 Å². The summed E-state index contributed by atoms with van der Waals surface area (Å²) in [6, 6.07) is 0. The predicted molar refractivity (Wildman–Crippen MR) is 213 cm³/mol. The van der Waals surface area contributed by atoms with Crippen molar-refractivity contribution in [2.45, 2.75) is 143 Å². The average Bonchev–Trinajstić information content (AvgIpc) is 3.60. The number of carbonyl (C=O) groups is 1. The standard InChI is InChI=1S/C45H71FN2O4S/c1-29(2)33-13-20-45(48-24-23-47-26-32-25-30(3)27-53(32,51)52)22-21-42(7)35(38(33)45)9-10-37-41(6)16-14-34(40(4,5)36(41)15-17-43(37,42)8)31-11-18-44(28-46,19-12-31)39(49)50/h11,14,30,32-33,35-38,47-48H,1,9-10,12-13,15-28H2,2-8H3,(H,49,50)/t30-,32-,33-,35+,36-,37+,38+,41-,42+,43+,44-,45-/m0/s1. The van der Waals surface area contributed by atoms with E-state index in [-0.39, 0.29) is 44.8 Å². The van der Waals surface area contributed by atoms with Gasteiger partial charge in [0.05, 0.1) is 16.4 Å². The summed E-state index contributed by atoms with van der Waals surface area (Å²) >= 11 is 0. The van der Waals surface area contributed by atoms with E-state index in [0.29, 0.717) is 54.7 Å². The summed E-state index contributed by atoms with van der Waals surface area (Å²) in [5.41, 5.74) is 3.54. The fourth-order valence-electron chi connectivity index (χ4n) is 15.2. The summed E-state index contributed by atoms with van der Waals surface area (Å²) in [6.45, 7) is 23.2. The van der Waals surface area contributed by atoms with Crippen LogP contribution in [0.5, 0.6) is 0 Å². The monoisotopic (exact) mass is 755 g/mol. The molecule has 0 unspecified atom stereocenters. The Labute approximate surface area is 321 Å². The van der Waals surface area contributed by atoms with Crippen molar-refractivity contribution in [2.24, 2.45) is 62.6 Å². The van der Waals surface area contributed by atoms with Crippen LogP contribution in [0.15, 0.2) is 35.5 Å². The molecule has 8 heteroatoms. The van der Waals surface area contributed by atoms with Crippen molar-refractivity contribution in [2.75, 3.05) is 32.1 Å². The maximum Gasteiger partial charge on any atom is 0.312 e. The lowest BCUT2D eigenvalue weighted by Gasteiger charge is -2.72. The van der Waals surface area contributed by atoms with E-state index in [2.05, 4.69) is 77.8 Å². The number of alkyl halides is 1. The third-order valence-electron chi connectivity index (χ3n) is 18.2. The third-order valence-corrected chi connectivity index (χ3v) is 20.6. The molecule has 0 aromatic heterocycles. The van der Waals surface area contributed by atoms with Gasteiger partial charge in [-0.05, 0) is 159 Å². The topological polar surface area (TPSA) is 95.5 Å². The molecule has 5 fully saturated rings. The van der Waals surface area contributed by atoms with Crippen LogP contribution in [-0.2, 0) is 14.6 Å². The number of rotatable bonds is 10. The summed E-state index contributed by atoms with van der Waals surface area (Å²) < 4.78 is 39.2. The first-order valence-electron chi connectivity index (χ1n) is 21.3. The van der Waals surface area contributed by atoms with Gasteiger partial charge >= 0.3 is 5.97 Å². The lowest BCUT2D eigenvalue weighted by Crippen LogP contribution is -2.68. The Morgan fingerprint density at radius 2 is 1.70 bits per heavy atom. The highest BCUT2D eigenvalue weighted by Crippen LogP contribution is 2.76. The highest BCUT2D eigenvalue weighted by atomic mass is 32.2. The van der Waals surface area contributed by atoms with Crippen LogP contribution in [0, 0.1) is 62.6 Å². The number of fused-ring (bicyclic) bond motifs is 7. The van der Waals surface area contributed by atoms with E-state index in [1.54, 1.807) is 0 Å². The first-order chi connectivity index (χ1) is 24.8. The summed E-state index contributed by atoms with van der Waals surface area (Å²) in [5, 5.41) is 17.3. The van der Waals surface area contributed by atoms with Crippen LogP contribution in [-0.4, -0.2) is 62.3 Å². The van der Waals surface area contributed by atoms with E-state index in [1.165, 1.54) is 68.1 Å². The van der Waals surface area contributed by atoms with E-state index in [0.717, 1.165) is 25.9 Å². The van der Waals surface area contributed by atoms with Gasteiger partial charge in [0.25, 0.3) is 0 Å². The minimum atomic E-state index is -2.97.